The number of rotatable bonds is 5. The number of carbonyl (C=O) groups is 2. The van der Waals surface area contributed by atoms with Crippen LogP contribution in [0.5, 0.6) is 5.75 Å². The van der Waals surface area contributed by atoms with Crippen LogP contribution in [0.2, 0.25) is 0 Å². The Morgan fingerprint density at radius 3 is 1.87 bits per heavy atom. The molecule has 0 radical (unpaired) electrons. The largest absolute Gasteiger partial charge is 0.507 e. The third-order valence-electron chi connectivity index (χ3n) is 3.79. The van der Waals surface area contributed by atoms with Gasteiger partial charge in [-0.05, 0) is 27.5 Å². The van der Waals surface area contributed by atoms with E-state index in [1.54, 1.807) is 0 Å². The van der Waals surface area contributed by atoms with Gasteiger partial charge in [-0.3, -0.25) is 4.79 Å². The Morgan fingerprint density at radius 1 is 1.13 bits per heavy atom. The molecule has 0 fully saturated rings. The molecule has 5 heteroatoms. The Balaban J connectivity index is 3.44. The molecule has 5 nitrogen and oxygen atoms in total. The van der Waals surface area contributed by atoms with Crippen molar-refractivity contribution in [3.63, 3.8) is 0 Å². The van der Waals surface area contributed by atoms with Crippen LogP contribution in [0.4, 0.5) is 0 Å². The zero-order chi connectivity index (χ0) is 18.0. The maximum absolute atomic E-state index is 11.3. The van der Waals surface area contributed by atoms with Crippen LogP contribution in [0.1, 0.15) is 58.2 Å². The quantitative estimate of drug-likeness (QED) is 0.728. The predicted molar refractivity (Wildman–Crippen MR) is 89.8 cm³/mol. The van der Waals surface area contributed by atoms with E-state index in [4.69, 9.17) is 0 Å². The fourth-order valence-corrected chi connectivity index (χ4v) is 2.49. The van der Waals surface area contributed by atoms with E-state index in [9.17, 15) is 19.8 Å². The molecule has 1 aromatic carbocycles. The average Bonchev–Trinajstić information content (AvgIpc) is 2.37. The highest BCUT2D eigenvalue weighted by Crippen LogP contribution is 2.39. The van der Waals surface area contributed by atoms with Crippen LogP contribution in [-0.4, -0.2) is 28.6 Å². The fraction of sp³-hybridized carbons (Fsp3) is 0.556. The molecule has 0 aliphatic heterocycles. The van der Waals surface area contributed by atoms with Gasteiger partial charge in [0.15, 0.2) is 0 Å². The first-order valence-corrected chi connectivity index (χ1v) is 7.67. The number of amides is 1. The van der Waals surface area contributed by atoms with Gasteiger partial charge in [-0.25, -0.2) is 4.79 Å². The number of carboxylic acid groups (broad SMARTS) is 1. The van der Waals surface area contributed by atoms with Gasteiger partial charge in [-0.15, -0.1) is 0 Å². The van der Waals surface area contributed by atoms with E-state index in [1.807, 2.05) is 53.7 Å². The van der Waals surface area contributed by atoms with Gasteiger partial charge in [0.1, 0.15) is 11.8 Å². The topological polar surface area (TPSA) is 86.6 Å². The molecule has 1 aromatic rings. The lowest BCUT2D eigenvalue weighted by molar-refractivity contribution is -0.140. The lowest BCUT2D eigenvalue weighted by Gasteiger charge is -2.28. The maximum atomic E-state index is 11.3. The van der Waals surface area contributed by atoms with Crippen LogP contribution in [0.15, 0.2) is 12.1 Å². The van der Waals surface area contributed by atoms with E-state index in [0.29, 0.717) is 6.41 Å². The second kappa shape index (κ2) is 6.60. The van der Waals surface area contributed by atoms with Gasteiger partial charge in [0.05, 0.1) is 0 Å². The number of carboxylic acids is 1. The molecule has 128 valence electrons. The number of benzene rings is 1. The Bertz CT molecular complexity index is 559. The summed E-state index contributed by atoms with van der Waals surface area (Å²) >= 11 is 0. The van der Waals surface area contributed by atoms with Crippen molar-refractivity contribution in [1.82, 2.24) is 5.32 Å². The van der Waals surface area contributed by atoms with Crippen LogP contribution in [0, 0.1) is 0 Å². The van der Waals surface area contributed by atoms with Crippen LogP contribution in [0.3, 0.4) is 0 Å². The third kappa shape index (κ3) is 4.71. The van der Waals surface area contributed by atoms with Crippen molar-refractivity contribution >= 4 is 12.4 Å². The molecule has 0 aromatic heterocycles. The van der Waals surface area contributed by atoms with Gasteiger partial charge in [0.2, 0.25) is 6.41 Å². The van der Waals surface area contributed by atoms with Gasteiger partial charge < -0.3 is 15.5 Å². The minimum atomic E-state index is -1.08. The lowest BCUT2D eigenvalue weighted by Crippen LogP contribution is -2.37. The number of aromatic hydroxyl groups is 1. The summed E-state index contributed by atoms with van der Waals surface area (Å²) in [5.74, 6) is -0.830. The first-order chi connectivity index (χ1) is 10.4. The summed E-state index contributed by atoms with van der Waals surface area (Å²) in [5.41, 5.74) is 1.76. The van der Waals surface area contributed by atoms with E-state index in [0.717, 1.165) is 16.7 Å². The molecule has 0 unspecified atom stereocenters. The van der Waals surface area contributed by atoms with E-state index in [1.165, 1.54) is 0 Å². The normalized spacial score (nSPS) is 13.5. The molecule has 0 saturated carbocycles. The lowest BCUT2D eigenvalue weighted by atomic mass is 9.78. The monoisotopic (exact) mass is 321 g/mol. The van der Waals surface area contributed by atoms with Gasteiger partial charge in [-0.1, -0.05) is 53.7 Å². The van der Waals surface area contributed by atoms with Crippen LogP contribution >= 0.6 is 0 Å². The molecule has 0 aliphatic carbocycles. The molecular formula is C18H27NO4. The second-order valence-corrected chi connectivity index (χ2v) is 7.92. The van der Waals surface area contributed by atoms with Crippen molar-refractivity contribution in [1.29, 1.82) is 0 Å². The van der Waals surface area contributed by atoms with Crippen LogP contribution in [0.25, 0.3) is 0 Å². The summed E-state index contributed by atoms with van der Waals surface area (Å²) in [4.78, 5) is 21.9. The van der Waals surface area contributed by atoms with Crippen LogP contribution in [-0.2, 0) is 26.8 Å². The van der Waals surface area contributed by atoms with E-state index < -0.39 is 12.0 Å². The number of nitrogens with one attached hydrogen (secondary N) is 1. The van der Waals surface area contributed by atoms with E-state index in [2.05, 4.69) is 5.32 Å². The number of carbonyl (C=O) groups excluding carboxylic acids is 1. The Hall–Kier alpha value is -2.04. The van der Waals surface area contributed by atoms with Crippen molar-refractivity contribution in [2.24, 2.45) is 0 Å². The Morgan fingerprint density at radius 2 is 1.57 bits per heavy atom. The molecule has 0 heterocycles. The molecular weight excluding hydrogens is 294 g/mol. The van der Waals surface area contributed by atoms with E-state index >= 15 is 0 Å². The maximum Gasteiger partial charge on any atom is 0.326 e. The molecule has 0 spiro atoms. The number of hydrogen-bond acceptors (Lipinski definition) is 3. The van der Waals surface area contributed by atoms with Crippen molar-refractivity contribution in [2.75, 3.05) is 0 Å². The van der Waals surface area contributed by atoms with E-state index in [-0.39, 0.29) is 23.0 Å². The average molecular weight is 321 g/mol. The first-order valence-electron chi connectivity index (χ1n) is 7.67. The highest BCUT2D eigenvalue weighted by Gasteiger charge is 2.27. The van der Waals surface area contributed by atoms with Crippen molar-refractivity contribution in [3.05, 3.63) is 28.8 Å². The number of phenolic OH excluding ortho intramolecular Hbond substituents is 1. The fourth-order valence-electron chi connectivity index (χ4n) is 2.49. The smallest absolute Gasteiger partial charge is 0.326 e. The summed E-state index contributed by atoms with van der Waals surface area (Å²) in [6.45, 7) is 12.0. The van der Waals surface area contributed by atoms with Crippen LogP contribution < -0.4 is 5.32 Å². The van der Waals surface area contributed by atoms with Crippen molar-refractivity contribution in [2.45, 2.75) is 64.8 Å². The number of aliphatic carboxylic acids is 1. The van der Waals surface area contributed by atoms with Gasteiger partial charge >= 0.3 is 5.97 Å². The standard InChI is InChI=1S/C18H27NO4/c1-17(2,3)12-7-11(9-14(16(22)23)19-10-20)8-13(15(12)21)18(4,5)6/h7-8,10,14,21H,9H2,1-6H3,(H,19,20)(H,22,23)/t14-/m0/s1. The molecule has 23 heavy (non-hydrogen) atoms. The summed E-state index contributed by atoms with van der Waals surface area (Å²) in [7, 11) is 0. The Kier molecular flexibility index (Phi) is 5.46. The minimum Gasteiger partial charge on any atom is -0.507 e. The first kappa shape index (κ1) is 19.0. The molecule has 0 aliphatic rings. The summed E-state index contributed by atoms with van der Waals surface area (Å²) in [5, 5.41) is 22.2. The summed E-state index contributed by atoms with van der Waals surface area (Å²) < 4.78 is 0. The zero-order valence-corrected chi connectivity index (χ0v) is 14.7. The molecule has 0 saturated heterocycles. The minimum absolute atomic E-state index is 0.167. The van der Waals surface area contributed by atoms with Gasteiger partial charge in [0.25, 0.3) is 0 Å². The molecule has 1 rings (SSSR count). The summed E-state index contributed by atoms with van der Waals surface area (Å²) in [6, 6.07) is 2.66. The molecule has 0 bridgehead atoms. The second-order valence-electron chi connectivity index (χ2n) is 7.92. The van der Waals surface area contributed by atoms with Crippen molar-refractivity contribution in [3.8, 4) is 5.75 Å². The zero-order valence-electron chi connectivity index (χ0n) is 14.7. The highest BCUT2D eigenvalue weighted by molar-refractivity contribution is 5.76. The molecule has 1 amide bonds. The SMILES string of the molecule is CC(C)(C)c1cc(C[C@H](NC=O)C(=O)O)cc(C(C)(C)C)c1O. The third-order valence-corrected chi connectivity index (χ3v) is 3.79. The van der Waals surface area contributed by atoms with Crippen molar-refractivity contribution < 1.29 is 19.8 Å². The molecule has 1 atom stereocenters. The summed E-state index contributed by atoms with van der Waals surface area (Å²) in [6.07, 6.45) is 0.565. The van der Waals surface area contributed by atoms with Gasteiger partial charge in [0, 0.05) is 6.42 Å². The Labute approximate surface area is 137 Å². The molecule has 3 N–H and O–H groups in total. The number of phenols is 1. The number of hydrogen-bond donors (Lipinski definition) is 3. The highest BCUT2D eigenvalue weighted by atomic mass is 16.4. The predicted octanol–water partition coefficient (Wildman–Crippen LogP) is 2.73. The van der Waals surface area contributed by atoms with Gasteiger partial charge in [-0.2, -0.15) is 0 Å².